The highest BCUT2D eigenvalue weighted by Crippen LogP contribution is 2.24. The number of hydrogen-bond acceptors (Lipinski definition) is 6. The van der Waals surface area contributed by atoms with Crippen LogP contribution in [-0.2, 0) is 20.3 Å². The topological polar surface area (TPSA) is 55.5 Å². The Morgan fingerprint density at radius 1 is 1.09 bits per heavy atom. The number of ether oxygens (including phenoxy) is 1. The van der Waals surface area contributed by atoms with Crippen molar-refractivity contribution in [3.63, 3.8) is 0 Å². The van der Waals surface area contributed by atoms with Gasteiger partial charge >= 0.3 is 0 Å². The minimum absolute atomic E-state index is 0.0881. The van der Waals surface area contributed by atoms with Crippen LogP contribution in [0, 0.1) is 4.77 Å². The maximum absolute atomic E-state index is 11.5. The van der Waals surface area contributed by atoms with Crippen LogP contribution in [0.4, 0.5) is 5.69 Å². The minimum Gasteiger partial charge on any atom is -0.484 e. The number of carbonyl (C=O) groups is 1. The van der Waals surface area contributed by atoms with E-state index in [0.29, 0.717) is 28.8 Å². The van der Waals surface area contributed by atoms with E-state index in [1.54, 1.807) is 13.0 Å². The van der Waals surface area contributed by atoms with Crippen molar-refractivity contribution in [3.8, 4) is 5.75 Å². The second-order valence-corrected chi connectivity index (χ2v) is 8.60. The lowest BCUT2D eigenvalue weighted by atomic mass is 10.1. The molecule has 0 bridgehead atoms. The number of rotatable bonds is 7. The zero-order chi connectivity index (χ0) is 22.7. The van der Waals surface area contributed by atoms with Gasteiger partial charge in [0.15, 0.2) is 16.4 Å². The van der Waals surface area contributed by atoms with E-state index in [1.807, 2.05) is 58.8 Å². The zero-order valence-electron chi connectivity index (χ0n) is 18.2. The Labute approximate surface area is 197 Å². The summed E-state index contributed by atoms with van der Waals surface area (Å²) in [4.78, 5) is 16.1. The molecule has 0 atom stereocenters. The van der Waals surface area contributed by atoms with Crippen LogP contribution in [0.2, 0.25) is 5.02 Å². The number of benzene rings is 2. The predicted molar refractivity (Wildman–Crippen MR) is 128 cm³/mol. The molecule has 1 aromatic heterocycles. The maximum Gasteiger partial charge on any atom is 0.198 e. The van der Waals surface area contributed by atoms with Gasteiger partial charge in [-0.3, -0.25) is 9.69 Å². The van der Waals surface area contributed by atoms with Crippen LogP contribution in [-0.4, -0.2) is 51.2 Å². The number of carbonyl (C=O) groups excluding carboxylic acids is 1. The number of ketones is 1. The van der Waals surface area contributed by atoms with E-state index in [0.717, 1.165) is 43.3 Å². The molecule has 0 radical (unpaired) electrons. The molecule has 0 N–H and O–H groups in total. The molecule has 0 aliphatic carbocycles. The molecule has 1 saturated heterocycles. The van der Waals surface area contributed by atoms with E-state index in [2.05, 4.69) is 14.9 Å². The Hall–Kier alpha value is -2.68. The highest BCUT2D eigenvalue weighted by Gasteiger charge is 2.19. The van der Waals surface area contributed by atoms with E-state index >= 15 is 0 Å². The molecule has 32 heavy (non-hydrogen) atoms. The second-order valence-electron chi connectivity index (χ2n) is 7.83. The summed E-state index contributed by atoms with van der Waals surface area (Å²) in [7, 11) is 1.90. The molecule has 168 valence electrons. The van der Waals surface area contributed by atoms with Gasteiger partial charge in [0.25, 0.3) is 0 Å². The monoisotopic (exact) mass is 471 g/mol. The number of piperazine rings is 1. The molecule has 0 unspecified atom stereocenters. The lowest BCUT2D eigenvalue weighted by Gasteiger charge is -2.35. The summed E-state index contributed by atoms with van der Waals surface area (Å²) in [6, 6.07) is 15.2. The molecule has 2 aromatic carbocycles. The van der Waals surface area contributed by atoms with E-state index in [1.165, 1.54) is 0 Å². The molecule has 2 heterocycles. The van der Waals surface area contributed by atoms with Gasteiger partial charge in [-0.2, -0.15) is 5.10 Å². The fourth-order valence-electron chi connectivity index (χ4n) is 3.70. The number of halogens is 1. The highest BCUT2D eigenvalue weighted by molar-refractivity contribution is 7.71. The van der Waals surface area contributed by atoms with Gasteiger partial charge in [0.2, 0.25) is 0 Å². The largest absolute Gasteiger partial charge is 0.484 e. The molecule has 9 heteroatoms. The summed E-state index contributed by atoms with van der Waals surface area (Å²) >= 11 is 11.8. The maximum atomic E-state index is 11.5. The molecule has 3 aromatic rings. The van der Waals surface area contributed by atoms with Crippen LogP contribution < -0.4 is 9.64 Å². The van der Waals surface area contributed by atoms with Crippen molar-refractivity contribution >= 4 is 35.3 Å². The first kappa shape index (κ1) is 22.5. The van der Waals surface area contributed by atoms with E-state index in [4.69, 9.17) is 28.6 Å². The Kier molecular flexibility index (Phi) is 6.93. The lowest BCUT2D eigenvalue weighted by molar-refractivity contribution is 0.101. The SMILES string of the molecule is CC(=O)c1ccc(N2CCN(Cn3nc(COc4ccccc4Cl)n(C)c3=S)CC2)cc1. The fraction of sp³-hybridized carbons (Fsp3) is 0.348. The van der Waals surface area contributed by atoms with Gasteiger partial charge in [-0.25, -0.2) is 4.68 Å². The van der Waals surface area contributed by atoms with Crippen LogP contribution in [0.5, 0.6) is 5.75 Å². The van der Waals surface area contributed by atoms with Crippen LogP contribution in [0.1, 0.15) is 23.1 Å². The smallest absolute Gasteiger partial charge is 0.198 e. The average Bonchev–Trinajstić information content (AvgIpc) is 3.07. The summed E-state index contributed by atoms with van der Waals surface area (Å²) < 4.78 is 10.2. The third kappa shape index (κ3) is 5.03. The van der Waals surface area contributed by atoms with Gasteiger partial charge in [-0.05, 0) is 55.5 Å². The molecule has 4 rings (SSSR count). The molecule has 0 saturated carbocycles. The Morgan fingerprint density at radius 3 is 2.44 bits per heavy atom. The van der Waals surface area contributed by atoms with Crippen LogP contribution in [0.25, 0.3) is 0 Å². The first-order chi connectivity index (χ1) is 15.4. The molecule has 1 fully saturated rings. The Balaban J connectivity index is 1.35. The number of hydrogen-bond donors (Lipinski definition) is 0. The van der Waals surface area contributed by atoms with Gasteiger partial charge in [0, 0.05) is 44.5 Å². The quantitative estimate of drug-likeness (QED) is 0.381. The Bertz CT molecular complexity index is 1150. The number of Topliss-reactive ketones (excluding diaryl/α,β-unsaturated/α-hetero) is 1. The number of aromatic nitrogens is 3. The van der Waals surface area contributed by atoms with Gasteiger partial charge in [0.05, 0.1) is 11.7 Å². The van der Waals surface area contributed by atoms with Gasteiger partial charge < -0.3 is 14.2 Å². The van der Waals surface area contributed by atoms with Crippen LogP contribution in [0.15, 0.2) is 48.5 Å². The van der Waals surface area contributed by atoms with Crippen LogP contribution in [0.3, 0.4) is 0 Å². The third-order valence-corrected chi connectivity index (χ3v) is 6.47. The molecular weight excluding hydrogens is 446 g/mol. The number of anilines is 1. The molecule has 1 aliphatic heterocycles. The molecule has 0 amide bonds. The summed E-state index contributed by atoms with van der Waals surface area (Å²) in [5.74, 6) is 1.46. The second kappa shape index (κ2) is 9.85. The summed E-state index contributed by atoms with van der Waals surface area (Å²) in [5.41, 5.74) is 1.88. The Morgan fingerprint density at radius 2 is 1.78 bits per heavy atom. The van der Waals surface area contributed by atoms with E-state index in [9.17, 15) is 4.79 Å². The summed E-state index contributed by atoms with van der Waals surface area (Å²) in [5, 5.41) is 5.24. The first-order valence-electron chi connectivity index (χ1n) is 10.5. The normalized spacial score (nSPS) is 14.5. The van der Waals surface area contributed by atoms with Gasteiger partial charge in [0.1, 0.15) is 12.4 Å². The molecular formula is C23H26ClN5O2S. The van der Waals surface area contributed by atoms with Crippen molar-refractivity contribution < 1.29 is 9.53 Å². The third-order valence-electron chi connectivity index (χ3n) is 5.67. The molecule has 0 spiro atoms. The molecule has 7 nitrogen and oxygen atoms in total. The minimum atomic E-state index is 0.0881. The van der Waals surface area contributed by atoms with Crippen molar-refractivity contribution in [2.45, 2.75) is 20.2 Å². The van der Waals surface area contributed by atoms with Gasteiger partial charge in [-0.1, -0.05) is 23.7 Å². The lowest BCUT2D eigenvalue weighted by Crippen LogP contribution is -2.47. The van der Waals surface area contributed by atoms with Crippen molar-refractivity contribution in [2.24, 2.45) is 7.05 Å². The zero-order valence-corrected chi connectivity index (χ0v) is 19.8. The van der Waals surface area contributed by atoms with Crippen molar-refractivity contribution in [3.05, 3.63) is 69.7 Å². The van der Waals surface area contributed by atoms with Crippen molar-refractivity contribution in [1.29, 1.82) is 0 Å². The number of nitrogens with zero attached hydrogens (tertiary/aromatic N) is 5. The van der Waals surface area contributed by atoms with E-state index < -0.39 is 0 Å². The summed E-state index contributed by atoms with van der Waals surface area (Å²) in [6.45, 7) is 6.13. The van der Waals surface area contributed by atoms with Crippen LogP contribution >= 0.6 is 23.8 Å². The fourth-order valence-corrected chi connectivity index (χ4v) is 4.09. The molecule has 1 aliphatic rings. The average molecular weight is 472 g/mol. The summed E-state index contributed by atoms with van der Waals surface area (Å²) in [6.07, 6.45) is 0. The first-order valence-corrected chi connectivity index (χ1v) is 11.3. The van der Waals surface area contributed by atoms with Gasteiger partial charge in [-0.15, -0.1) is 0 Å². The number of para-hydroxylation sites is 1. The van der Waals surface area contributed by atoms with E-state index in [-0.39, 0.29) is 5.78 Å². The van der Waals surface area contributed by atoms with Crippen molar-refractivity contribution in [2.75, 3.05) is 31.1 Å². The van der Waals surface area contributed by atoms with Crippen molar-refractivity contribution in [1.82, 2.24) is 19.2 Å². The standard InChI is InChI=1S/C23H26ClN5O2S/c1-17(30)18-7-9-19(10-8-18)28-13-11-27(12-14-28)16-29-23(32)26(2)22(25-29)15-31-21-6-4-3-5-20(21)24/h3-10H,11-16H2,1-2H3. The predicted octanol–water partition coefficient (Wildman–Crippen LogP) is 4.17. The highest BCUT2D eigenvalue weighted by atomic mass is 35.5.